The molecule has 1 aromatic carbocycles. The monoisotopic (exact) mass is 276 g/mol. The highest BCUT2D eigenvalue weighted by Crippen LogP contribution is 2.28. The molecular formula is C13H12N2O5. The van der Waals surface area contributed by atoms with Crippen molar-refractivity contribution in [1.29, 1.82) is 0 Å². The second-order valence-corrected chi connectivity index (χ2v) is 4.00. The quantitative estimate of drug-likeness (QED) is 0.681. The Morgan fingerprint density at radius 1 is 1.45 bits per heavy atom. The van der Waals surface area contributed by atoms with Gasteiger partial charge >= 0.3 is 5.69 Å². The molecular weight excluding hydrogens is 264 g/mol. The summed E-state index contributed by atoms with van der Waals surface area (Å²) in [5.41, 5.74) is 0.459. The molecule has 1 aromatic heterocycles. The fraction of sp³-hybridized carbons (Fsp3) is 0.154. The molecule has 0 saturated heterocycles. The highest BCUT2D eigenvalue weighted by atomic mass is 16.6. The standard InChI is InChI=1S/C13H12N2O5/c1-8-13(15(17)18)12(20-14-8)6-3-9-7-10(19-2)4-5-11(9)16/h3-7,16H,1-2H3/b6-3+. The number of phenolic OH excluding ortho intramolecular Hbond substituents is 1. The normalized spacial score (nSPS) is 10.9. The van der Waals surface area contributed by atoms with Crippen LogP contribution in [0.2, 0.25) is 0 Å². The van der Waals surface area contributed by atoms with Gasteiger partial charge in [0.05, 0.1) is 12.0 Å². The Labute approximate surface area is 114 Å². The average Bonchev–Trinajstić information content (AvgIpc) is 2.79. The zero-order valence-electron chi connectivity index (χ0n) is 10.9. The van der Waals surface area contributed by atoms with Gasteiger partial charge in [0.15, 0.2) is 5.69 Å². The van der Waals surface area contributed by atoms with E-state index in [4.69, 9.17) is 9.26 Å². The van der Waals surface area contributed by atoms with E-state index < -0.39 is 4.92 Å². The molecule has 1 N–H and O–H groups in total. The van der Waals surface area contributed by atoms with Gasteiger partial charge in [-0.2, -0.15) is 0 Å². The van der Waals surface area contributed by atoms with Crippen LogP contribution in [-0.2, 0) is 0 Å². The van der Waals surface area contributed by atoms with Crippen molar-refractivity contribution in [3.63, 3.8) is 0 Å². The molecule has 7 nitrogen and oxygen atoms in total. The van der Waals surface area contributed by atoms with Gasteiger partial charge in [0.2, 0.25) is 5.76 Å². The van der Waals surface area contributed by atoms with Crippen molar-refractivity contribution >= 4 is 17.8 Å². The summed E-state index contributed by atoms with van der Waals surface area (Å²) in [5.74, 6) is 0.612. The van der Waals surface area contributed by atoms with Gasteiger partial charge in [-0.1, -0.05) is 5.16 Å². The number of methoxy groups -OCH3 is 1. The zero-order chi connectivity index (χ0) is 14.7. The van der Waals surface area contributed by atoms with Crippen molar-refractivity contribution in [2.75, 3.05) is 7.11 Å². The number of aryl methyl sites for hydroxylation is 1. The summed E-state index contributed by atoms with van der Waals surface area (Å²) in [4.78, 5) is 10.3. The summed E-state index contributed by atoms with van der Waals surface area (Å²) in [5, 5.41) is 24.1. The highest BCUT2D eigenvalue weighted by molar-refractivity contribution is 5.74. The van der Waals surface area contributed by atoms with E-state index in [-0.39, 0.29) is 22.9 Å². The number of hydrogen-bond acceptors (Lipinski definition) is 6. The van der Waals surface area contributed by atoms with E-state index >= 15 is 0 Å². The van der Waals surface area contributed by atoms with Gasteiger partial charge in [0, 0.05) is 5.56 Å². The van der Waals surface area contributed by atoms with Gasteiger partial charge in [-0.15, -0.1) is 0 Å². The summed E-state index contributed by atoms with van der Waals surface area (Å²) in [6, 6.07) is 4.67. The summed E-state index contributed by atoms with van der Waals surface area (Å²) in [6.45, 7) is 1.49. The third kappa shape index (κ3) is 2.61. The van der Waals surface area contributed by atoms with Crippen LogP contribution in [0.5, 0.6) is 11.5 Å². The van der Waals surface area contributed by atoms with Crippen LogP contribution in [0.3, 0.4) is 0 Å². The Morgan fingerprint density at radius 2 is 2.20 bits per heavy atom. The summed E-state index contributed by atoms with van der Waals surface area (Å²) < 4.78 is 9.92. The third-order valence-electron chi connectivity index (χ3n) is 2.69. The number of phenols is 1. The molecule has 0 radical (unpaired) electrons. The van der Waals surface area contributed by atoms with Crippen molar-refractivity contribution in [1.82, 2.24) is 5.16 Å². The maximum atomic E-state index is 10.9. The minimum absolute atomic E-state index is 0.0229. The SMILES string of the molecule is COc1ccc(O)c(/C=C/c2onc(C)c2[N+](=O)[O-])c1. The Kier molecular flexibility index (Phi) is 3.69. The van der Waals surface area contributed by atoms with Crippen LogP contribution in [-0.4, -0.2) is 22.3 Å². The van der Waals surface area contributed by atoms with Gasteiger partial charge in [-0.3, -0.25) is 10.1 Å². The second kappa shape index (κ2) is 5.43. The predicted octanol–water partition coefficient (Wildman–Crippen LogP) is 2.78. The maximum absolute atomic E-state index is 10.9. The molecule has 20 heavy (non-hydrogen) atoms. The van der Waals surface area contributed by atoms with E-state index in [2.05, 4.69) is 5.16 Å². The minimum Gasteiger partial charge on any atom is -0.507 e. The van der Waals surface area contributed by atoms with E-state index in [0.29, 0.717) is 11.3 Å². The first-order chi connectivity index (χ1) is 9.52. The summed E-state index contributed by atoms with van der Waals surface area (Å²) in [7, 11) is 1.50. The fourth-order valence-electron chi connectivity index (χ4n) is 1.67. The van der Waals surface area contributed by atoms with E-state index in [1.807, 2.05) is 0 Å². The first kappa shape index (κ1) is 13.6. The molecule has 0 aliphatic heterocycles. The number of hydrogen-bond donors (Lipinski definition) is 1. The van der Waals surface area contributed by atoms with E-state index in [1.54, 1.807) is 12.1 Å². The Morgan fingerprint density at radius 3 is 2.85 bits per heavy atom. The summed E-state index contributed by atoms with van der Waals surface area (Å²) in [6.07, 6.45) is 2.87. The van der Waals surface area contributed by atoms with E-state index in [0.717, 1.165) is 0 Å². The predicted molar refractivity (Wildman–Crippen MR) is 71.5 cm³/mol. The van der Waals surface area contributed by atoms with E-state index in [1.165, 1.54) is 32.3 Å². The highest BCUT2D eigenvalue weighted by Gasteiger charge is 2.21. The van der Waals surface area contributed by atoms with Gasteiger partial charge in [0.25, 0.3) is 0 Å². The van der Waals surface area contributed by atoms with Crippen LogP contribution >= 0.6 is 0 Å². The number of nitro groups is 1. The van der Waals surface area contributed by atoms with Crippen molar-refractivity contribution in [3.8, 4) is 11.5 Å². The first-order valence-corrected chi connectivity index (χ1v) is 5.68. The number of aromatic nitrogens is 1. The van der Waals surface area contributed by atoms with Gasteiger partial charge in [-0.05, 0) is 37.3 Å². The molecule has 0 spiro atoms. The van der Waals surface area contributed by atoms with Crippen LogP contribution in [0, 0.1) is 17.0 Å². The molecule has 0 bridgehead atoms. The number of rotatable bonds is 4. The lowest BCUT2D eigenvalue weighted by molar-refractivity contribution is -0.386. The van der Waals surface area contributed by atoms with Crippen molar-refractivity contribution in [2.24, 2.45) is 0 Å². The molecule has 2 aromatic rings. The van der Waals surface area contributed by atoms with Crippen molar-refractivity contribution in [3.05, 3.63) is 45.3 Å². The molecule has 104 valence electrons. The molecule has 1 heterocycles. The second-order valence-electron chi connectivity index (χ2n) is 4.00. The Balaban J connectivity index is 2.37. The largest absolute Gasteiger partial charge is 0.507 e. The Hall–Kier alpha value is -2.83. The number of aromatic hydroxyl groups is 1. The van der Waals surface area contributed by atoms with Crippen LogP contribution in [0.4, 0.5) is 5.69 Å². The average molecular weight is 276 g/mol. The van der Waals surface area contributed by atoms with Crippen LogP contribution in [0.1, 0.15) is 17.0 Å². The van der Waals surface area contributed by atoms with E-state index in [9.17, 15) is 15.2 Å². The molecule has 7 heteroatoms. The molecule has 2 rings (SSSR count). The molecule has 0 fully saturated rings. The first-order valence-electron chi connectivity index (χ1n) is 5.68. The fourth-order valence-corrected chi connectivity index (χ4v) is 1.67. The minimum atomic E-state index is -0.559. The van der Waals surface area contributed by atoms with Crippen LogP contribution < -0.4 is 4.74 Å². The third-order valence-corrected chi connectivity index (χ3v) is 2.69. The molecule has 0 amide bonds. The topological polar surface area (TPSA) is 98.6 Å². The summed E-state index contributed by atoms with van der Waals surface area (Å²) >= 11 is 0. The lowest BCUT2D eigenvalue weighted by atomic mass is 10.1. The van der Waals surface area contributed by atoms with Crippen LogP contribution in [0.15, 0.2) is 22.7 Å². The number of nitrogens with zero attached hydrogens (tertiary/aromatic N) is 2. The number of ether oxygens (including phenoxy) is 1. The number of benzene rings is 1. The lowest BCUT2D eigenvalue weighted by Gasteiger charge is -2.02. The van der Waals surface area contributed by atoms with Crippen LogP contribution in [0.25, 0.3) is 12.2 Å². The van der Waals surface area contributed by atoms with Crippen molar-refractivity contribution < 1.29 is 19.3 Å². The molecule has 0 unspecified atom stereocenters. The lowest BCUT2D eigenvalue weighted by Crippen LogP contribution is -1.90. The molecule has 0 aliphatic rings. The van der Waals surface area contributed by atoms with Gasteiger partial charge in [-0.25, -0.2) is 0 Å². The zero-order valence-corrected chi connectivity index (χ0v) is 10.9. The maximum Gasteiger partial charge on any atom is 0.338 e. The smallest absolute Gasteiger partial charge is 0.338 e. The molecule has 0 atom stereocenters. The molecule has 0 aliphatic carbocycles. The van der Waals surface area contributed by atoms with Gasteiger partial charge in [0.1, 0.15) is 11.5 Å². The molecule has 0 saturated carbocycles. The van der Waals surface area contributed by atoms with Gasteiger partial charge < -0.3 is 14.4 Å². The van der Waals surface area contributed by atoms with Crippen molar-refractivity contribution in [2.45, 2.75) is 6.92 Å². The Bertz CT molecular complexity index is 675.